The Morgan fingerprint density at radius 1 is 0.786 bits per heavy atom. The van der Waals surface area contributed by atoms with Crippen LogP contribution in [0.25, 0.3) is 0 Å². The molecule has 0 aliphatic carbocycles. The maximum absolute atomic E-state index is 7.06. The first-order valence-electron chi connectivity index (χ1n) is 10.2. The summed E-state index contributed by atoms with van der Waals surface area (Å²) in [6.07, 6.45) is 3.22. The maximum atomic E-state index is 7.06. The van der Waals surface area contributed by atoms with Crippen LogP contribution in [0.3, 0.4) is 0 Å². The molecule has 0 saturated heterocycles. The lowest BCUT2D eigenvalue weighted by molar-refractivity contribution is -0.0337. The van der Waals surface area contributed by atoms with Gasteiger partial charge in [-0.3, -0.25) is 0 Å². The van der Waals surface area contributed by atoms with E-state index in [0.29, 0.717) is 0 Å². The van der Waals surface area contributed by atoms with Crippen LogP contribution in [0.2, 0.25) is 0 Å². The zero-order valence-electron chi connectivity index (χ0n) is 17.0. The minimum Gasteiger partial charge on any atom is -0.353 e. The molecule has 1 unspecified atom stereocenters. The van der Waals surface area contributed by atoms with Gasteiger partial charge in [-0.1, -0.05) is 123 Å². The van der Waals surface area contributed by atoms with E-state index in [1.54, 1.807) is 0 Å². The lowest BCUT2D eigenvalue weighted by atomic mass is 9.79. The molecule has 0 spiro atoms. The second-order valence-electron chi connectivity index (χ2n) is 7.37. The average Bonchev–Trinajstić information content (AvgIpc) is 2.76. The van der Waals surface area contributed by atoms with Crippen molar-refractivity contribution < 1.29 is 4.74 Å². The summed E-state index contributed by atoms with van der Waals surface area (Å²) in [5, 5.41) is 0. The van der Waals surface area contributed by atoms with Crippen molar-refractivity contribution >= 4 is 0 Å². The predicted molar refractivity (Wildman–Crippen MR) is 118 cm³/mol. The Labute approximate surface area is 169 Å². The van der Waals surface area contributed by atoms with Crippen LogP contribution in [0.1, 0.15) is 49.8 Å². The lowest BCUT2D eigenvalue weighted by Gasteiger charge is -2.39. The zero-order chi connectivity index (χ0) is 19.8. The second kappa shape index (κ2) is 9.52. The van der Waals surface area contributed by atoms with E-state index in [9.17, 15) is 0 Å². The highest BCUT2D eigenvalue weighted by molar-refractivity contribution is 5.47. The highest BCUT2D eigenvalue weighted by atomic mass is 16.5. The third kappa shape index (κ3) is 4.26. The van der Waals surface area contributed by atoms with Gasteiger partial charge in [0.15, 0.2) is 0 Å². The van der Waals surface area contributed by atoms with Crippen LogP contribution >= 0.6 is 0 Å². The molecule has 0 saturated carbocycles. The van der Waals surface area contributed by atoms with Crippen molar-refractivity contribution in [3.63, 3.8) is 0 Å². The summed E-state index contributed by atoms with van der Waals surface area (Å²) >= 11 is 0. The molecule has 1 atom stereocenters. The Morgan fingerprint density at radius 3 is 1.50 bits per heavy atom. The van der Waals surface area contributed by atoms with E-state index in [-0.39, 0.29) is 6.10 Å². The van der Waals surface area contributed by atoms with Gasteiger partial charge in [0, 0.05) is 0 Å². The third-order valence-corrected chi connectivity index (χ3v) is 5.23. The molecule has 3 aromatic carbocycles. The summed E-state index contributed by atoms with van der Waals surface area (Å²) in [4.78, 5) is 0. The van der Waals surface area contributed by atoms with E-state index < -0.39 is 5.60 Å². The Kier molecular flexibility index (Phi) is 6.84. The van der Waals surface area contributed by atoms with Gasteiger partial charge in [-0.15, -0.1) is 0 Å². The minimum absolute atomic E-state index is 0.0134. The Morgan fingerprint density at radius 2 is 1.18 bits per heavy atom. The largest absolute Gasteiger partial charge is 0.353 e. The summed E-state index contributed by atoms with van der Waals surface area (Å²) in [5.41, 5.74) is 3.79. The molecule has 0 N–H and O–H groups in total. The van der Waals surface area contributed by atoms with E-state index in [1.807, 2.05) is 0 Å². The molecular weight excluding hydrogens is 340 g/mol. The van der Waals surface area contributed by atoms with E-state index >= 15 is 0 Å². The second-order valence-corrected chi connectivity index (χ2v) is 7.37. The molecule has 0 aliphatic heterocycles. The number of ether oxygens (including phenoxy) is 1. The summed E-state index contributed by atoms with van der Waals surface area (Å²) in [6, 6.07) is 31.6. The van der Waals surface area contributed by atoms with Crippen LogP contribution in [-0.2, 0) is 10.3 Å². The highest BCUT2D eigenvalue weighted by Gasteiger charge is 2.39. The monoisotopic (exact) mass is 370 g/mol. The average molecular weight is 371 g/mol. The molecule has 0 aromatic heterocycles. The quantitative estimate of drug-likeness (QED) is 0.287. The summed E-state index contributed by atoms with van der Waals surface area (Å²) < 4.78 is 7.06. The Balaban J connectivity index is 2.23. The van der Waals surface area contributed by atoms with Crippen LogP contribution in [0, 0.1) is 0 Å². The molecule has 3 aromatic rings. The van der Waals surface area contributed by atoms with Gasteiger partial charge in [-0.05, 0) is 30.0 Å². The normalized spacial score (nSPS) is 12.5. The third-order valence-electron chi connectivity index (χ3n) is 5.23. The Hall–Kier alpha value is -2.64. The molecule has 0 bridgehead atoms. The summed E-state index contributed by atoms with van der Waals surface area (Å²) in [5.74, 6) is 0. The topological polar surface area (TPSA) is 9.23 Å². The van der Waals surface area contributed by atoms with Crippen LogP contribution in [-0.4, -0.2) is 6.10 Å². The van der Waals surface area contributed by atoms with E-state index in [2.05, 4.69) is 111 Å². The van der Waals surface area contributed by atoms with Crippen molar-refractivity contribution in [1.29, 1.82) is 0 Å². The zero-order valence-corrected chi connectivity index (χ0v) is 17.0. The Bertz CT molecular complexity index is 756. The van der Waals surface area contributed by atoms with Gasteiger partial charge in [-0.25, -0.2) is 0 Å². The number of hydrogen-bond donors (Lipinski definition) is 0. The molecule has 0 amide bonds. The fourth-order valence-electron chi connectivity index (χ4n) is 3.73. The van der Waals surface area contributed by atoms with Gasteiger partial charge >= 0.3 is 0 Å². The first-order valence-corrected chi connectivity index (χ1v) is 10.2. The van der Waals surface area contributed by atoms with Crippen LogP contribution in [0.4, 0.5) is 0 Å². The maximum Gasteiger partial charge on any atom is 0.144 e. The van der Waals surface area contributed by atoms with E-state index in [1.165, 1.54) is 0 Å². The minimum atomic E-state index is -0.679. The standard InChI is InChI=1S/C27H30O/c1-4-5-21-26(22(2)3)28-27(23-15-9-6-10-16-23,24-17-11-7-12-18-24)25-19-13-8-14-20-25/h6-20,26H,2,4-5,21H2,1,3H3. The van der Waals surface area contributed by atoms with Crippen LogP contribution in [0.5, 0.6) is 0 Å². The molecule has 0 heterocycles. The van der Waals surface area contributed by atoms with Crippen molar-refractivity contribution in [1.82, 2.24) is 0 Å². The molecule has 0 aliphatic rings. The number of unbranched alkanes of at least 4 members (excludes halogenated alkanes) is 1. The number of benzene rings is 3. The van der Waals surface area contributed by atoms with Gasteiger partial charge < -0.3 is 4.74 Å². The lowest BCUT2D eigenvalue weighted by Crippen LogP contribution is -2.37. The predicted octanol–water partition coefficient (Wildman–Crippen LogP) is 7.13. The first-order chi connectivity index (χ1) is 13.7. The van der Waals surface area contributed by atoms with Gasteiger partial charge in [0.1, 0.15) is 5.60 Å². The smallest absolute Gasteiger partial charge is 0.144 e. The molecular formula is C27H30O. The summed E-state index contributed by atoms with van der Waals surface area (Å²) in [6.45, 7) is 8.54. The molecule has 0 fully saturated rings. The molecule has 28 heavy (non-hydrogen) atoms. The molecule has 3 rings (SSSR count). The molecule has 1 heteroatoms. The van der Waals surface area contributed by atoms with Gasteiger partial charge in [0.2, 0.25) is 0 Å². The van der Waals surface area contributed by atoms with Gasteiger partial charge in [-0.2, -0.15) is 0 Å². The van der Waals surface area contributed by atoms with Crippen molar-refractivity contribution in [2.75, 3.05) is 0 Å². The van der Waals surface area contributed by atoms with Crippen molar-refractivity contribution in [2.45, 2.75) is 44.8 Å². The number of rotatable bonds is 9. The molecule has 0 radical (unpaired) electrons. The summed E-state index contributed by atoms with van der Waals surface area (Å²) in [7, 11) is 0. The van der Waals surface area contributed by atoms with Gasteiger partial charge in [0.25, 0.3) is 0 Å². The number of hydrogen-bond acceptors (Lipinski definition) is 1. The molecule has 144 valence electrons. The van der Waals surface area contributed by atoms with Crippen LogP contribution < -0.4 is 0 Å². The van der Waals surface area contributed by atoms with E-state index in [4.69, 9.17) is 4.74 Å². The van der Waals surface area contributed by atoms with Crippen LogP contribution in [0.15, 0.2) is 103 Å². The van der Waals surface area contributed by atoms with Gasteiger partial charge in [0.05, 0.1) is 6.10 Å². The van der Waals surface area contributed by atoms with E-state index in [0.717, 1.165) is 41.5 Å². The van der Waals surface area contributed by atoms with Crippen molar-refractivity contribution in [2.24, 2.45) is 0 Å². The SMILES string of the molecule is C=C(C)C(CCCC)OC(c1ccccc1)(c1ccccc1)c1ccccc1. The first kappa shape index (κ1) is 20.1. The highest BCUT2D eigenvalue weighted by Crippen LogP contribution is 2.42. The van der Waals surface area contributed by atoms with Crippen molar-refractivity contribution in [3.8, 4) is 0 Å². The molecule has 1 nitrogen and oxygen atoms in total. The fraction of sp³-hybridized carbons (Fsp3) is 0.259. The van der Waals surface area contributed by atoms with Crippen molar-refractivity contribution in [3.05, 3.63) is 120 Å². The fourth-order valence-corrected chi connectivity index (χ4v) is 3.73.